The van der Waals surface area contributed by atoms with Gasteiger partial charge in [-0.3, -0.25) is 9.36 Å². The molecule has 0 aliphatic heterocycles. The quantitative estimate of drug-likeness (QED) is 0.352. The van der Waals surface area contributed by atoms with Crippen LogP contribution in [-0.2, 0) is 24.2 Å². The number of amides is 1. The Hall–Kier alpha value is -3.58. The number of aryl methyl sites for hydroxylation is 1. The number of thioether (sulfide) groups is 1. The van der Waals surface area contributed by atoms with Crippen LogP contribution >= 0.6 is 11.8 Å². The number of hydrogen-bond acceptors (Lipinski definition) is 4. The van der Waals surface area contributed by atoms with E-state index in [1.807, 2.05) is 78.9 Å². The number of nitrogens with one attached hydrogen (secondary N) is 2. The molecule has 0 aliphatic rings. The van der Waals surface area contributed by atoms with Gasteiger partial charge in [-0.2, -0.15) is 0 Å². The summed E-state index contributed by atoms with van der Waals surface area (Å²) in [6, 6.07) is 29.9. The van der Waals surface area contributed by atoms with Gasteiger partial charge in [0.1, 0.15) is 0 Å². The Kier molecular flexibility index (Phi) is 7.76. The first-order valence-corrected chi connectivity index (χ1v) is 11.9. The Morgan fingerprint density at radius 3 is 2.18 bits per heavy atom. The van der Waals surface area contributed by atoms with Crippen molar-refractivity contribution in [2.45, 2.75) is 30.6 Å². The zero-order valence-corrected chi connectivity index (χ0v) is 19.0. The summed E-state index contributed by atoms with van der Waals surface area (Å²) in [4.78, 5) is 25.0. The number of carbonyl (C=O) groups is 1. The highest BCUT2D eigenvalue weighted by molar-refractivity contribution is 7.99. The molecule has 0 saturated carbocycles. The van der Waals surface area contributed by atoms with Crippen molar-refractivity contribution < 1.29 is 4.79 Å². The molecule has 0 saturated heterocycles. The van der Waals surface area contributed by atoms with Crippen LogP contribution in [0.3, 0.4) is 0 Å². The van der Waals surface area contributed by atoms with Gasteiger partial charge in [-0.25, -0.2) is 9.89 Å². The van der Waals surface area contributed by atoms with E-state index in [1.54, 1.807) is 4.57 Å². The van der Waals surface area contributed by atoms with E-state index in [0.717, 1.165) is 16.7 Å². The Balaban J connectivity index is 1.39. The zero-order chi connectivity index (χ0) is 22.9. The molecular weight excluding hydrogens is 432 g/mol. The molecule has 3 aromatic carbocycles. The Bertz CT molecular complexity index is 1210. The summed E-state index contributed by atoms with van der Waals surface area (Å²) in [6.45, 7) is 0.504. The first kappa shape index (κ1) is 22.6. The predicted molar refractivity (Wildman–Crippen MR) is 131 cm³/mol. The summed E-state index contributed by atoms with van der Waals surface area (Å²) in [5, 5.41) is 10.3. The van der Waals surface area contributed by atoms with Crippen LogP contribution in [0.1, 0.15) is 22.7 Å². The third kappa shape index (κ3) is 6.46. The smallest absolute Gasteiger partial charge is 0.343 e. The molecule has 168 valence electrons. The van der Waals surface area contributed by atoms with Crippen LogP contribution in [0, 0.1) is 0 Å². The maximum absolute atomic E-state index is 12.8. The molecular formula is C26H26N4O2S. The standard InChI is InChI=1S/C26H26N4O2S/c31-24(27-23(22-14-8-3-9-15-22)18-21-12-6-2-7-13-21)19-33-26-29-28-25(32)30(26)17-16-20-10-4-1-5-11-20/h1-15,23H,16-19H2,(H,27,31)(H,28,32). The topological polar surface area (TPSA) is 79.8 Å². The maximum atomic E-state index is 12.8. The molecule has 1 atom stereocenters. The van der Waals surface area contributed by atoms with Gasteiger partial charge in [0.15, 0.2) is 5.16 Å². The van der Waals surface area contributed by atoms with E-state index in [2.05, 4.69) is 27.6 Å². The highest BCUT2D eigenvalue weighted by Crippen LogP contribution is 2.20. The molecule has 0 radical (unpaired) electrons. The van der Waals surface area contributed by atoms with Crippen LogP contribution in [-0.4, -0.2) is 26.4 Å². The van der Waals surface area contributed by atoms with Crippen molar-refractivity contribution >= 4 is 17.7 Å². The van der Waals surface area contributed by atoms with Gasteiger partial charge in [0.25, 0.3) is 0 Å². The molecule has 0 spiro atoms. The van der Waals surface area contributed by atoms with Gasteiger partial charge in [0, 0.05) is 6.54 Å². The molecule has 0 bridgehead atoms. The van der Waals surface area contributed by atoms with Crippen LogP contribution in [0.5, 0.6) is 0 Å². The first-order chi connectivity index (χ1) is 16.2. The number of nitrogens with zero attached hydrogens (tertiary/aromatic N) is 2. The average Bonchev–Trinajstić information content (AvgIpc) is 3.22. The third-order valence-corrected chi connectivity index (χ3v) is 6.32. The number of benzene rings is 3. The Labute approximate surface area is 197 Å². The third-order valence-electron chi connectivity index (χ3n) is 5.34. The van der Waals surface area contributed by atoms with E-state index in [1.165, 1.54) is 11.8 Å². The maximum Gasteiger partial charge on any atom is 0.343 e. The molecule has 1 amide bonds. The Morgan fingerprint density at radius 2 is 1.52 bits per heavy atom. The van der Waals surface area contributed by atoms with Gasteiger partial charge < -0.3 is 5.32 Å². The summed E-state index contributed by atoms with van der Waals surface area (Å²) in [5.41, 5.74) is 3.09. The second kappa shape index (κ2) is 11.3. The van der Waals surface area contributed by atoms with E-state index >= 15 is 0 Å². The van der Waals surface area contributed by atoms with Gasteiger partial charge in [0.2, 0.25) is 5.91 Å². The molecule has 1 unspecified atom stereocenters. The van der Waals surface area contributed by atoms with E-state index in [9.17, 15) is 9.59 Å². The van der Waals surface area contributed by atoms with Crippen LogP contribution in [0.4, 0.5) is 0 Å². The largest absolute Gasteiger partial charge is 0.348 e. The summed E-state index contributed by atoms with van der Waals surface area (Å²) in [6.07, 6.45) is 1.42. The number of hydrogen-bond donors (Lipinski definition) is 2. The minimum absolute atomic E-state index is 0.102. The fourth-order valence-corrected chi connectivity index (χ4v) is 4.43. The second-order valence-corrected chi connectivity index (χ2v) is 8.65. The van der Waals surface area contributed by atoms with Gasteiger partial charge in [-0.15, -0.1) is 5.10 Å². The fraction of sp³-hybridized carbons (Fsp3) is 0.192. The SMILES string of the molecule is O=C(CSc1n[nH]c(=O)n1CCc1ccccc1)NC(Cc1ccccc1)c1ccccc1. The van der Waals surface area contributed by atoms with Crippen LogP contribution in [0.2, 0.25) is 0 Å². The lowest BCUT2D eigenvalue weighted by Gasteiger charge is -2.19. The first-order valence-electron chi connectivity index (χ1n) is 10.9. The van der Waals surface area contributed by atoms with Crippen molar-refractivity contribution in [3.63, 3.8) is 0 Å². The number of H-pyrrole nitrogens is 1. The summed E-state index contributed by atoms with van der Waals surface area (Å²) in [7, 11) is 0. The molecule has 1 aromatic heterocycles. The molecule has 4 aromatic rings. The fourth-order valence-electron chi connectivity index (χ4n) is 3.65. The van der Waals surface area contributed by atoms with Crippen molar-refractivity contribution in [3.05, 3.63) is 118 Å². The number of aromatic amines is 1. The van der Waals surface area contributed by atoms with E-state index in [4.69, 9.17) is 0 Å². The molecule has 0 aliphatic carbocycles. The predicted octanol–water partition coefficient (Wildman–Crippen LogP) is 4.01. The zero-order valence-electron chi connectivity index (χ0n) is 18.2. The number of rotatable bonds is 10. The molecule has 1 heterocycles. The highest BCUT2D eigenvalue weighted by Gasteiger charge is 2.17. The van der Waals surface area contributed by atoms with E-state index in [-0.39, 0.29) is 23.4 Å². The van der Waals surface area contributed by atoms with Gasteiger partial charge >= 0.3 is 5.69 Å². The molecule has 7 heteroatoms. The van der Waals surface area contributed by atoms with Gasteiger partial charge in [0.05, 0.1) is 11.8 Å². The molecule has 6 nitrogen and oxygen atoms in total. The minimum atomic E-state index is -0.264. The van der Waals surface area contributed by atoms with Gasteiger partial charge in [-0.1, -0.05) is 103 Å². The lowest BCUT2D eigenvalue weighted by atomic mass is 9.99. The Morgan fingerprint density at radius 1 is 0.909 bits per heavy atom. The summed E-state index contributed by atoms with van der Waals surface area (Å²) >= 11 is 1.26. The van der Waals surface area contributed by atoms with Crippen molar-refractivity contribution in [2.24, 2.45) is 0 Å². The highest BCUT2D eigenvalue weighted by atomic mass is 32.2. The van der Waals surface area contributed by atoms with E-state index in [0.29, 0.717) is 24.5 Å². The second-order valence-electron chi connectivity index (χ2n) is 7.71. The van der Waals surface area contributed by atoms with Crippen LogP contribution in [0.15, 0.2) is 101 Å². The normalized spacial score (nSPS) is 11.8. The number of carbonyl (C=O) groups excluding carboxylic acids is 1. The lowest BCUT2D eigenvalue weighted by Crippen LogP contribution is -2.31. The van der Waals surface area contributed by atoms with Crippen LogP contribution < -0.4 is 11.0 Å². The lowest BCUT2D eigenvalue weighted by molar-refractivity contribution is -0.119. The minimum Gasteiger partial charge on any atom is -0.348 e. The van der Waals surface area contributed by atoms with E-state index < -0.39 is 0 Å². The van der Waals surface area contributed by atoms with Gasteiger partial charge in [-0.05, 0) is 29.5 Å². The molecule has 0 fully saturated rings. The molecule has 33 heavy (non-hydrogen) atoms. The van der Waals surface area contributed by atoms with Crippen molar-refractivity contribution in [1.29, 1.82) is 0 Å². The summed E-state index contributed by atoms with van der Waals surface area (Å²) in [5.74, 6) is 0.0724. The van der Waals surface area contributed by atoms with Crippen molar-refractivity contribution in [3.8, 4) is 0 Å². The van der Waals surface area contributed by atoms with Crippen molar-refractivity contribution in [2.75, 3.05) is 5.75 Å². The molecule has 4 rings (SSSR count). The monoisotopic (exact) mass is 458 g/mol. The van der Waals surface area contributed by atoms with Crippen molar-refractivity contribution in [1.82, 2.24) is 20.1 Å². The van der Waals surface area contributed by atoms with Crippen LogP contribution in [0.25, 0.3) is 0 Å². The number of aromatic nitrogens is 3. The summed E-state index contributed by atoms with van der Waals surface area (Å²) < 4.78 is 1.59. The average molecular weight is 459 g/mol. The molecule has 2 N–H and O–H groups in total.